The van der Waals surface area contributed by atoms with Crippen LogP contribution in [-0.4, -0.2) is 20.6 Å². The minimum absolute atomic E-state index is 0.148. The van der Waals surface area contributed by atoms with Gasteiger partial charge in [0.2, 0.25) is 5.69 Å². The fourth-order valence-electron chi connectivity index (χ4n) is 2.91. The number of hydrogen-bond acceptors (Lipinski definition) is 4. The molecule has 7 heteroatoms. The molecule has 2 rings (SSSR count). The van der Waals surface area contributed by atoms with Gasteiger partial charge in [0.25, 0.3) is 5.91 Å². The molecule has 2 aromatic rings. The summed E-state index contributed by atoms with van der Waals surface area (Å²) in [5.74, 6) is -0.0453. The highest BCUT2D eigenvalue weighted by molar-refractivity contribution is 5.96. The van der Waals surface area contributed by atoms with Gasteiger partial charge in [0, 0.05) is 7.05 Å². The summed E-state index contributed by atoms with van der Waals surface area (Å²) in [6.45, 7) is 7.87. The topological polar surface area (TPSA) is 90.1 Å². The van der Waals surface area contributed by atoms with E-state index in [1.807, 2.05) is 19.1 Å². The third kappa shape index (κ3) is 3.92. The van der Waals surface area contributed by atoms with Gasteiger partial charge in [0.05, 0.1) is 11.0 Å². The quantitative estimate of drug-likeness (QED) is 0.597. The summed E-state index contributed by atoms with van der Waals surface area (Å²) in [6, 6.07) is 7.94. The van der Waals surface area contributed by atoms with Crippen molar-refractivity contribution in [1.82, 2.24) is 15.1 Å². The smallest absolute Gasteiger partial charge is 0.322 e. The van der Waals surface area contributed by atoms with E-state index in [0.29, 0.717) is 18.0 Å². The second-order valence-corrected chi connectivity index (χ2v) is 6.57. The maximum absolute atomic E-state index is 12.6. The Bertz CT molecular complexity index is 796. The van der Waals surface area contributed by atoms with Crippen LogP contribution in [0.5, 0.6) is 0 Å². The van der Waals surface area contributed by atoms with Crippen molar-refractivity contribution < 1.29 is 9.72 Å². The number of nitrogens with zero attached hydrogens (tertiary/aromatic N) is 3. The summed E-state index contributed by atoms with van der Waals surface area (Å²) in [6.07, 6.45) is 1.74. The molecule has 1 aromatic heterocycles. The van der Waals surface area contributed by atoms with Gasteiger partial charge in [0.15, 0.2) is 0 Å². The van der Waals surface area contributed by atoms with E-state index in [0.717, 1.165) is 12.0 Å². The number of aromatic nitrogens is 2. The molecule has 140 valence electrons. The molecule has 0 radical (unpaired) electrons. The van der Waals surface area contributed by atoms with Crippen LogP contribution in [-0.2, 0) is 7.05 Å². The van der Waals surface area contributed by atoms with E-state index < -0.39 is 10.8 Å². The Balaban J connectivity index is 2.24. The predicted molar refractivity (Wildman–Crippen MR) is 100 cm³/mol. The summed E-state index contributed by atoms with van der Waals surface area (Å²) in [5.41, 5.74) is 2.19. The van der Waals surface area contributed by atoms with Gasteiger partial charge >= 0.3 is 5.69 Å². The molecular weight excluding hydrogens is 332 g/mol. The van der Waals surface area contributed by atoms with E-state index in [1.165, 1.54) is 10.2 Å². The first-order valence-electron chi connectivity index (χ1n) is 8.88. The van der Waals surface area contributed by atoms with Crippen molar-refractivity contribution in [3.63, 3.8) is 0 Å². The summed E-state index contributed by atoms with van der Waals surface area (Å²) >= 11 is 0. The van der Waals surface area contributed by atoms with Crippen molar-refractivity contribution >= 4 is 11.6 Å². The molecule has 0 spiro atoms. The average molecular weight is 358 g/mol. The van der Waals surface area contributed by atoms with Crippen LogP contribution in [0.25, 0.3) is 0 Å². The number of carbonyl (C=O) groups excluding carboxylic acids is 1. The average Bonchev–Trinajstić information content (AvgIpc) is 2.94. The van der Waals surface area contributed by atoms with Crippen LogP contribution in [0.1, 0.15) is 72.9 Å². The van der Waals surface area contributed by atoms with Gasteiger partial charge in [-0.2, -0.15) is 5.10 Å². The lowest BCUT2D eigenvalue weighted by Gasteiger charge is -2.18. The minimum atomic E-state index is -0.556. The lowest BCUT2D eigenvalue weighted by Crippen LogP contribution is -2.29. The molecule has 0 saturated carbocycles. The molecule has 0 aliphatic carbocycles. The Morgan fingerprint density at radius 2 is 1.81 bits per heavy atom. The third-order valence-electron chi connectivity index (χ3n) is 4.93. The largest absolute Gasteiger partial charge is 0.344 e. The minimum Gasteiger partial charge on any atom is -0.344 e. The molecule has 0 saturated heterocycles. The molecule has 1 amide bonds. The Kier molecular flexibility index (Phi) is 6.13. The molecule has 0 fully saturated rings. The van der Waals surface area contributed by atoms with Crippen LogP contribution in [0, 0.1) is 17.0 Å². The van der Waals surface area contributed by atoms with Gasteiger partial charge in [0.1, 0.15) is 5.69 Å². The molecule has 0 bridgehead atoms. The van der Waals surface area contributed by atoms with E-state index >= 15 is 0 Å². The van der Waals surface area contributed by atoms with Crippen LogP contribution in [0.15, 0.2) is 24.3 Å². The van der Waals surface area contributed by atoms with E-state index in [2.05, 4.69) is 36.4 Å². The Hall–Kier alpha value is -2.70. The highest BCUT2D eigenvalue weighted by atomic mass is 16.6. The predicted octanol–water partition coefficient (Wildman–Crippen LogP) is 4.03. The molecule has 1 aromatic carbocycles. The number of aryl methyl sites for hydroxylation is 1. The van der Waals surface area contributed by atoms with Gasteiger partial charge in [-0.05, 0) is 36.8 Å². The molecule has 0 aliphatic heterocycles. The highest BCUT2D eigenvalue weighted by Gasteiger charge is 2.30. The molecule has 7 nitrogen and oxygen atoms in total. The molecule has 2 atom stereocenters. The number of rotatable bonds is 7. The number of hydrogen-bond donors (Lipinski definition) is 1. The lowest BCUT2D eigenvalue weighted by atomic mass is 9.95. The van der Waals surface area contributed by atoms with E-state index in [1.54, 1.807) is 14.0 Å². The van der Waals surface area contributed by atoms with Crippen molar-refractivity contribution in [2.75, 3.05) is 0 Å². The number of amides is 1. The van der Waals surface area contributed by atoms with Crippen LogP contribution in [0.3, 0.4) is 0 Å². The first-order valence-corrected chi connectivity index (χ1v) is 8.88. The number of carbonyl (C=O) groups is 1. The Morgan fingerprint density at radius 3 is 2.31 bits per heavy atom. The maximum atomic E-state index is 12.6. The SMILES string of the molecule is CCC(C)c1ccc(C(CC)NC(=O)c2nn(C)c(C)c2[N+](=O)[O-])cc1. The highest BCUT2D eigenvalue weighted by Crippen LogP contribution is 2.25. The van der Waals surface area contributed by atoms with Crippen molar-refractivity contribution in [3.8, 4) is 0 Å². The van der Waals surface area contributed by atoms with E-state index in [4.69, 9.17) is 0 Å². The normalized spacial score (nSPS) is 13.3. The monoisotopic (exact) mass is 358 g/mol. The number of nitro groups is 1. The van der Waals surface area contributed by atoms with Gasteiger partial charge in [-0.1, -0.05) is 45.0 Å². The zero-order chi connectivity index (χ0) is 19.4. The Labute approximate surface area is 153 Å². The van der Waals surface area contributed by atoms with Gasteiger partial charge in [-0.25, -0.2) is 0 Å². The third-order valence-corrected chi connectivity index (χ3v) is 4.93. The molecular formula is C19H26N4O3. The molecule has 0 aliphatic rings. The molecule has 2 unspecified atom stereocenters. The van der Waals surface area contributed by atoms with Crippen LogP contribution >= 0.6 is 0 Å². The van der Waals surface area contributed by atoms with Crippen molar-refractivity contribution in [2.24, 2.45) is 7.05 Å². The molecule has 1 N–H and O–H groups in total. The Morgan fingerprint density at radius 1 is 1.23 bits per heavy atom. The summed E-state index contributed by atoms with van der Waals surface area (Å²) in [4.78, 5) is 23.3. The fourth-order valence-corrected chi connectivity index (χ4v) is 2.91. The number of benzene rings is 1. The van der Waals surface area contributed by atoms with Crippen molar-refractivity contribution in [2.45, 2.75) is 52.5 Å². The van der Waals surface area contributed by atoms with Gasteiger partial charge < -0.3 is 5.32 Å². The van der Waals surface area contributed by atoms with E-state index in [9.17, 15) is 14.9 Å². The van der Waals surface area contributed by atoms with Crippen molar-refractivity contribution in [3.05, 3.63) is 56.9 Å². The van der Waals surface area contributed by atoms with E-state index in [-0.39, 0.29) is 17.4 Å². The molecule has 26 heavy (non-hydrogen) atoms. The summed E-state index contributed by atoms with van der Waals surface area (Å²) < 4.78 is 1.36. The zero-order valence-corrected chi connectivity index (χ0v) is 15.9. The van der Waals surface area contributed by atoms with Gasteiger partial charge in [-0.3, -0.25) is 19.6 Å². The second kappa shape index (κ2) is 8.12. The zero-order valence-electron chi connectivity index (χ0n) is 15.9. The first kappa shape index (κ1) is 19.6. The lowest BCUT2D eigenvalue weighted by molar-refractivity contribution is -0.385. The van der Waals surface area contributed by atoms with Gasteiger partial charge in [-0.15, -0.1) is 0 Å². The number of nitrogens with one attached hydrogen (secondary N) is 1. The van der Waals surface area contributed by atoms with Crippen LogP contribution in [0.2, 0.25) is 0 Å². The van der Waals surface area contributed by atoms with Crippen molar-refractivity contribution in [1.29, 1.82) is 0 Å². The van der Waals surface area contributed by atoms with Crippen LogP contribution in [0.4, 0.5) is 5.69 Å². The first-order chi connectivity index (χ1) is 12.3. The fraction of sp³-hybridized carbons (Fsp3) is 0.474. The standard InChI is InChI=1S/C19H26N4O3/c1-6-12(3)14-8-10-15(11-9-14)16(7-2)20-19(24)17-18(23(25)26)13(4)22(5)21-17/h8-12,16H,6-7H2,1-5H3,(H,20,24). The molecule has 1 heterocycles. The summed E-state index contributed by atoms with van der Waals surface area (Å²) in [5, 5.41) is 18.2. The van der Waals surface area contributed by atoms with Crippen LogP contribution < -0.4 is 5.32 Å². The summed E-state index contributed by atoms with van der Waals surface area (Å²) in [7, 11) is 1.59. The maximum Gasteiger partial charge on any atom is 0.322 e. The second-order valence-electron chi connectivity index (χ2n) is 6.57.